The quantitative estimate of drug-likeness (QED) is 0.643. The molecule has 9 heteroatoms. The predicted octanol–water partition coefficient (Wildman–Crippen LogP) is 2.17. The van der Waals surface area contributed by atoms with Crippen molar-refractivity contribution in [2.75, 3.05) is 18.1 Å². The van der Waals surface area contributed by atoms with Crippen LogP contribution in [0.15, 0.2) is 29.2 Å². The summed E-state index contributed by atoms with van der Waals surface area (Å²) in [4.78, 5) is 28.4. The molecule has 3 heterocycles. The third kappa shape index (κ3) is 4.01. The van der Waals surface area contributed by atoms with Gasteiger partial charge in [-0.25, -0.2) is 12.9 Å². The number of carbonyl (C=O) groups excluding carboxylic acids is 1. The number of sulfone groups is 1. The van der Waals surface area contributed by atoms with Crippen molar-refractivity contribution in [3.05, 3.63) is 57.0 Å². The SMILES string of the molecule is Cc1ccc(-c2nn3cc(C(=O)NCC4(C)CCS(=O)(=O)C4)c(C)c3c(=O)[nH]2)cc1C. The van der Waals surface area contributed by atoms with E-state index in [-0.39, 0.29) is 29.5 Å². The Kier molecular flexibility index (Phi) is 5.04. The van der Waals surface area contributed by atoms with Crippen molar-refractivity contribution in [2.24, 2.45) is 5.41 Å². The smallest absolute Gasteiger partial charge is 0.275 e. The topological polar surface area (TPSA) is 113 Å². The summed E-state index contributed by atoms with van der Waals surface area (Å²) >= 11 is 0. The van der Waals surface area contributed by atoms with Crippen LogP contribution in [0.4, 0.5) is 0 Å². The number of hydrogen-bond donors (Lipinski definition) is 2. The van der Waals surface area contributed by atoms with E-state index in [4.69, 9.17) is 0 Å². The number of aromatic amines is 1. The predicted molar refractivity (Wildman–Crippen MR) is 119 cm³/mol. The van der Waals surface area contributed by atoms with Crippen LogP contribution >= 0.6 is 0 Å². The van der Waals surface area contributed by atoms with Crippen LogP contribution in [0.2, 0.25) is 0 Å². The van der Waals surface area contributed by atoms with Gasteiger partial charge in [0.05, 0.1) is 17.1 Å². The maximum atomic E-state index is 12.8. The van der Waals surface area contributed by atoms with Crippen molar-refractivity contribution in [1.29, 1.82) is 0 Å². The summed E-state index contributed by atoms with van der Waals surface area (Å²) in [6.07, 6.45) is 2.07. The van der Waals surface area contributed by atoms with Gasteiger partial charge in [-0.3, -0.25) is 9.59 Å². The third-order valence-electron chi connectivity index (χ3n) is 6.18. The average molecular weight is 443 g/mol. The van der Waals surface area contributed by atoms with Crippen LogP contribution in [0.3, 0.4) is 0 Å². The number of nitrogens with zero attached hydrogens (tertiary/aromatic N) is 2. The van der Waals surface area contributed by atoms with Crippen LogP contribution in [-0.2, 0) is 9.84 Å². The van der Waals surface area contributed by atoms with E-state index in [1.165, 1.54) is 4.52 Å². The number of amides is 1. The molecule has 0 bridgehead atoms. The lowest BCUT2D eigenvalue weighted by molar-refractivity contribution is 0.0937. The second-order valence-electron chi connectivity index (χ2n) is 8.90. The fourth-order valence-corrected chi connectivity index (χ4v) is 6.35. The molecule has 1 atom stereocenters. The summed E-state index contributed by atoms with van der Waals surface area (Å²) in [5.74, 6) is 0.291. The Morgan fingerprint density at radius 1 is 1.26 bits per heavy atom. The summed E-state index contributed by atoms with van der Waals surface area (Å²) in [5, 5.41) is 7.36. The second kappa shape index (κ2) is 7.33. The van der Waals surface area contributed by atoms with Crippen molar-refractivity contribution in [3.63, 3.8) is 0 Å². The normalized spacial score (nSPS) is 20.3. The fraction of sp³-hybridized carbons (Fsp3) is 0.409. The van der Waals surface area contributed by atoms with Gasteiger partial charge in [0, 0.05) is 18.3 Å². The average Bonchev–Trinajstić information content (AvgIpc) is 3.18. The summed E-state index contributed by atoms with van der Waals surface area (Å²) < 4.78 is 25.0. The molecule has 1 unspecified atom stereocenters. The molecule has 2 aromatic heterocycles. The number of fused-ring (bicyclic) bond motifs is 1. The lowest BCUT2D eigenvalue weighted by atomic mass is 9.90. The van der Waals surface area contributed by atoms with E-state index in [9.17, 15) is 18.0 Å². The van der Waals surface area contributed by atoms with E-state index in [1.807, 2.05) is 39.0 Å². The van der Waals surface area contributed by atoms with Gasteiger partial charge >= 0.3 is 0 Å². The number of rotatable bonds is 4. The summed E-state index contributed by atoms with van der Waals surface area (Å²) in [6, 6.07) is 5.82. The number of aromatic nitrogens is 3. The number of nitrogens with one attached hydrogen (secondary N) is 2. The van der Waals surface area contributed by atoms with Crippen molar-refractivity contribution in [1.82, 2.24) is 19.9 Å². The molecule has 8 nitrogen and oxygen atoms in total. The zero-order valence-corrected chi connectivity index (χ0v) is 18.9. The first kappa shape index (κ1) is 21.3. The number of hydrogen-bond acceptors (Lipinski definition) is 5. The molecular weight excluding hydrogens is 416 g/mol. The van der Waals surface area contributed by atoms with E-state index in [2.05, 4.69) is 15.4 Å². The summed E-state index contributed by atoms with van der Waals surface area (Å²) in [5.41, 5.74) is 3.41. The van der Waals surface area contributed by atoms with Crippen molar-refractivity contribution < 1.29 is 13.2 Å². The Morgan fingerprint density at radius 2 is 2.00 bits per heavy atom. The second-order valence-corrected chi connectivity index (χ2v) is 11.1. The maximum Gasteiger partial charge on any atom is 0.275 e. The molecule has 2 N–H and O–H groups in total. The molecule has 1 fully saturated rings. The minimum atomic E-state index is -3.05. The highest BCUT2D eigenvalue weighted by molar-refractivity contribution is 7.91. The molecule has 1 aliphatic rings. The minimum Gasteiger partial charge on any atom is -0.351 e. The lowest BCUT2D eigenvalue weighted by Crippen LogP contribution is -2.36. The van der Waals surface area contributed by atoms with E-state index in [0.29, 0.717) is 28.9 Å². The maximum absolute atomic E-state index is 12.8. The Labute approximate surface area is 180 Å². The zero-order chi connectivity index (χ0) is 22.6. The minimum absolute atomic E-state index is 0.0670. The molecule has 0 spiro atoms. The molecule has 0 aliphatic carbocycles. The molecule has 0 radical (unpaired) electrons. The van der Waals surface area contributed by atoms with Crippen LogP contribution in [0.5, 0.6) is 0 Å². The van der Waals surface area contributed by atoms with Crippen LogP contribution in [-0.4, -0.2) is 47.0 Å². The van der Waals surface area contributed by atoms with E-state index in [1.54, 1.807) is 13.1 Å². The van der Waals surface area contributed by atoms with Crippen LogP contribution in [0.1, 0.15) is 40.4 Å². The zero-order valence-electron chi connectivity index (χ0n) is 18.1. The van der Waals surface area contributed by atoms with Crippen LogP contribution in [0.25, 0.3) is 16.9 Å². The van der Waals surface area contributed by atoms with Crippen LogP contribution in [0, 0.1) is 26.2 Å². The molecule has 164 valence electrons. The van der Waals surface area contributed by atoms with Gasteiger partial charge in [-0.1, -0.05) is 19.1 Å². The highest BCUT2D eigenvalue weighted by Crippen LogP contribution is 2.31. The number of H-pyrrole nitrogens is 1. The molecular formula is C22H26N4O4S. The van der Waals surface area contributed by atoms with E-state index in [0.717, 1.165) is 16.7 Å². The lowest BCUT2D eigenvalue weighted by Gasteiger charge is -2.22. The van der Waals surface area contributed by atoms with E-state index < -0.39 is 15.3 Å². The highest BCUT2D eigenvalue weighted by Gasteiger charge is 2.38. The van der Waals surface area contributed by atoms with E-state index >= 15 is 0 Å². The van der Waals surface area contributed by atoms with Gasteiger partial charge in [-0.05, 0) is 55.4 Å². The molecule has 1 saturated heterocycles. The number of carbonyl (C=O) groups is 1. The van der Waals surface area contributed by atoms with Gasteiger partial charge in [-0.15, -0.1) is 5.10 Å². The Bertz CT molecular complexity index is 1370. The first-order valence-corrected chi connectivity index (χ1v) is 12.0. The van der Waals surface area contributed by atoms with Crippen molar-refractivity contribution >= 4 is 21.3 Å². The fourth-order valence-electron chi connectivity index (χ4n) is 4.09. The van der Waals surface area contributed by atoms with Gasteiger partial charge in [0.2, 0.25) is 0 Å². The molecule has 3 aromatic rings. The molecule has 0 saturated carbocycles. The Hall–Kier alpha value is -2.94. The van der Waals surface area contributed by atoms with Gasteiger partial charge in [0.25, 0.3) is 11.5 Å². The summed E-state index contributed by atoms with van der Waals surface area (Å²) in [7, 11) is -3.05. The van der Waals surface area contributed by atoms with Crippen molar-refractivity contribution in [2.45, 2.75) is 34.1 Å². The van der Waals surface area contributed by atoms with Gasteiger partial charge in [-0.2, -0.15) is 0 Å². The Balaban J connectivity index is 1.64. The molecule has 1 aliphatic heterocycles. The highest BCUT2D eigenvalue weighted by atomic mass is 32.2. The molecule has 31 heavy (non-hydrogen) atoms. The summed E-state index contributed by atoms with van der Waals surface area (Å²) in [6.45, 7) is 7.84. The molecule has 1 aromatic carbocycles. The van der Waals surface area contributed by atoms with Crippen molar-refractivity contribution in [3.8, 4) is 11.4 Å². The Morgan fingerprint density at radius 3 is 2.65 bits per heavy atom. The first-order valence-electron chi connectivity index (χ1n) is 10.2. The van der Waals surface area contributed by atoms with Gasteiger partial charge in [0.1, 0.15) is 5.52 Å². The number of aryl methyl sites for hydroxylation is 3. The van der Waals surface area contributed by atoms with Gasteiger partial charge < -0.3 is 10.3 Å². The standard InChI is InChI=1S/C22H26N4O4S/c1-13-5-6-16(9-14(13)2)19-24-21(28)18-15(3)17(10-26(18)25-19)20(27)23-11-22(4)7-8-31(29,30)12-22/h5-6,9-10H,7-8,11-12H2,1-4H3,(H,23,27)(H,24,25,28). The molecule has 4 rings (SSSR count). The molecule has 1 amide bonds. The first-order chi connectivity index (χ1) is 14.5. The van der Waals surface area contributed by atoms with Crippen LogP contribution < -0.4 is 10.9 Å². The van der Waals surface area contributed by atoms with Gasteiger partial charge in [0.15, 0.2) is 15.7 Å². The largest absolute Gasteiger partial charge is 0.351 e. The third-order valence-corrected chi connectivity index (χ3v) is 8.14. The monoisotopic (exact) mass is 442 g/mol. The number of benzene rings is 1.